The third-order valence-corrected chi connectivity index (χ3v) is 3.57. The molecule has 0 amide bonds. The van der Waals surface area contributed by atoms with Gasteiger partial charge in [-0.3, -0.25) is 0 Å². The second kappa shape index (κ2) is 7.10. The molecule has 0 saturated carbocycles. The molecule has 0 radical (unpaired) electrons. The Kier molecular flexibility index (Phi) is 5.99. The normalized spacial score (nSPS) is 11.9. The van der Waals surface area contributed by atoms with E-state index in [2.05, 4.69) is 65.6 Å². The molecule has 0 aliphatic carbocycles. The van der Waals surface area contributed by atoms with Crippen molar-refractivity contribution < 1.29 is 0 Å². The minimum absolute atomic E-state index is 0.0541. The van der Waals surface area contributed by atoms with Crippen LogP contribution in [0.25, 0.3) is 0 Å². The van der Waals surface area contributed by atoms with Gasteiger partial charge in [-0.2, -0.15) is 0 Å². The quantitative estimate of drug-likeness (QED) is 0.855. The van der Waals surface area contributed by atoms with Crippen LogP contribution in [0.5, 0.6) is 0 Å². The highest BCUT2D eigenvalue weighted by Gasteiger charge is 2.23. The van der Waals surface area contributed by atoms with Gasteiger partial charge in [0.05, 0.1) is 0 Å². The number of nitrogens with zero attached hydrogens (tertiary/aromatic N) is 3. The molecule has 1 aromatic heterocycles. The Balaban J connectivity index is 3.40. The maximum atomic E-state index is 4.88. The molecule has 120 valence electrons. The van der Waals surface area contributed by atoms with Gasteiger partial charge in [0, 0.05) is 30.1 Å². The second-order valence-corrected chi connectivity index (χ2v) is 6.90. The van der Waals surface area contributed by atoms with E-state index in [4.69, 9.17) is 9.97 Å². The van der Waals surface area contributed by atoms with Crippen molar-refractivity contribution in [2.75, 3.05) is 23.3 Å². The number of anilines is 2. The van der Waals surface area contributed by atoms with E-state index in [1.54, 1.807) is 0 Å². The molecule has 0 aliphatic rings. The fourth-order valence-corrected chi connectivity index (χ4v) is 2.29. The number of nitrogens with one attached hydrogen (secondary N) is 1. The number of aromatic nitrogens is 2. The molecule has 0 fully saturated rings. The number of hydrogen-bond donors (Lipinski definition) is 1. The maximum absolute atomic E-state index is 4.88. The zero-order valence-electron chi connectivity index (χ0n) is 15.0. The van der Waals surface area contributed by atoms with Gasteiger partial charge in [-0.25, -0.2) is 9.97 Å². The van der Waals surface area contributed by atoms with Gasteiger partial charge < -0.3 is 10.2 Å². The van der Waals surface area contributed by atoms with E-state index in [0.29, 0.717) is 6.04 Å². The molecule has 0 aliphatic heterocycles. The van der Waals surface area contributed by atoms with E-state index in [0.717, 1.165) is 42.5 Å². The van der Waals surface area contributed by atoms with Gasteiger partial charge in [0.15, 0.2) is 0 Å². The third kappa shape index (κ3) is 4.32. The Morgan fingerprint density at radius 1 is 1.14 bits per heavy atom. The van der Waals surface area contributed by atoms with Crippen molar-refractivity contribution >= 4 is 11.6 Å². The Morgan fingerprint density at radius 2 is 1.76 bits per heavy atom. The van der Waals surface area contributed by atoms with Crippen molar-refractivity contribution in [2.24, 2.45) is 0 Å². The Bertz CT molecular complexity index is 461. The van der Waals surface area contributed by atoms with Crippen LogP contribution >= 0.6 is 0 Å². The van der Waals surface area contributed by atoms with Crippen molar-refractivity contribution in [3.63, 3.8) is 0 Å². The summed E-state index contributed by atoms with van der Waals surface area (Å²) in [6, 6.07) is 0.426. The summed E-state index contributed by atoms with van der Waals surface area (Å²) >= 11 is 0. The fourth-order valence-electron chi connectivity index (χ4n) is 2.29. The number of hydrogen-bond acceptors (Lipinski definition) is 4. The maximum Gasteiger partial charge on any atom is 0.138 e. The van der Waals surface area contributed by atoms with Crippen molar-refractivity contribution in [2.45, 2.75) is 73.3 Å². The summed E-state index contributed by atoms with van der Waals surface area (Å²) in [5, 5.41) is 3.46. The van der Waals surface area contributed by atoms with E-state index >= 15 is 0 Å². The SMILES string of the molecule is CCCNc1nc(C(C)(C)C)nc(N(CC)C(C)C)c1C. The highest BCUT2D eigenvalue weighted by Crippen LogP contribution is 2.29. The first-order valence-corrected chi connectivity index (χ1v) is 8.11. The molecule has 0 unspecified atom stereocenters. The molecule has 1 heterocycles. The molecule has 0 atom stereocenters. The summed E-state index contributed by atoms with van der Waals surface area (Å²) in [7, 11) is 0. The summed E-state index contributed by atoms with van der Waals surface area (Å²) in [5.41, 5.74) is 1.09. The summed E-state index contributed by atoms with van der Waals surface area (Å²) in [6.45, 7) is 19.3. The molecule has 0 saturated heterocycles. The van der Waals surface area contributed by atoms with E-state index in [1.807, 2.05) is 0 Å². The summed E-state index contributed by atoms with van der Waals surface area (Å²) in [4.78, 5) is 12.0. The standard InChI is InChI=1S/C17H32N4/c1-9-11-18-14-13(5)15(21(10-2)12(3)4)20-16(19-14)17(6,7)8/h12H,9-11H2,1-8H3,(H,18,19,20). The zero-order chi connectivity index (χ0) is 16.2. The van der Waals surface area contributed by atoms with Crippen LogP contribution in [0.2, 0.25) is 0 Å². The predicted molar refractivity (Wildman–Crippen MR) is 92.4 cm³/mol. The van der Waals surface area contributed by atoms with Crippen LogP contribution < -0.4 is 10.2 Å². The van der Waals surface area contributed by atoms with Crippen molar-refractivity contribution in [1.29, 1.82) is 0 Å². The average Bonchev–Trinajstić information content (AvgIpc) is 2.38. The summed E-state index contributed by atoms with van der Waals surface area (Å²) in [5.74, 6) is 2.94. The van der Waals surface area contributed by atoms with Gasteiger partial charge in [0.25, 0.3) is 0 Å². The van der Waals surface area contributed by atoms with Crippen LogP contribution in [-0.2, 0) is 5.41 Å². The summed E-state index contributed by atoms with van der Waals surface area (Å²) in [6.07, 6.45) is 1.09. The van der Waals surface area contributed by atoms with Gasteiger partial charge in [0.1, 0.15) is 17.5 Å². The molecule has 1 aromatic rings. The van der Waals surface area contributed by atoms with Crippen LogP contribution in [0.1, 0.15) is 66.3 Å². The minimum Gasteiger partial charge on any atom is -0.370 e. The van der Waals surface area contributed by atoms with Gasteiger partial charge in [0.2, 0.25) is 0 Å². The third-order valence-electron chi connectivity index (χ3n) is 3.57. The van der Waals surface area contributed by atoms with Crippen LogP contribution in [-0.4, -0.2) is 29.1 Å². The fraction of sp³-hybridized carbons (Fsp3) is 0.765. The second-order valence-electron chi connectivity index (χ2n) is 6.90. The lowest BCUT2D eigenvalue weighted by Gasteiger charge is -2.30. The minimum atomic E-state index is -0.0541. The van der Waals surface area contributed by atoms with E-state index < -0.39 is 0 Å². The molecule has 4 heteroatoms. The van der Waals surface area contributed by atoms with Crippen LogP contribution in [0.4, 0.5) is 11.6 Å². The first-order chi connectivity index (χ1) is 9.72. The first-order valence-electron chi connectivity index (χ1n) is 8.11. The molecule has 1 rings (SSSR count). The Hall–Kier alpha value is -1.32. The predicted octanol–water partition coefficient (Wildman–Crippen LogP) is 4.14. The van der Waals surface area contributed by atoms with Gasteiger partial charge in [-0.1, -0.05) is 27.7 Å². The first kappa shape index (κ1) is 17.7. The summed E-state index contributed by atoms with van der Waals surface area (Å²) < 4.78 is 0. The topological polar surface area (TPSA) is 41.1 Å². The molecule has 0 aromatic carbocycles. The molecule has 0 bridgehead atoms. The average molecular weight is 292 g/mol. The van der Waals surface area contributed by atoms with E-state index in [9.17, 15) is 0 Å². The largest absolute Gasteiger partial charge is 0.370 e. The lowest BCUT2D eigenvalue weighted by molar-refractivity contribution is 0.542. The van der Waals surface area contributed by atoms with Crippen LogP contribution in [0, 0.1) is 6.92 Å². The highest BCUT2D eigenvalue weighted by molar-refractivity contribution is 5.59. The van der Waals surface area contributed by atoms with Crippen molar-refractivity contribution in [3.8, 4) is 0 Å². The molecule has 21 heavy (non-hydrogen) atoms. The van der Waals surface area contributed by atoms with E-state index in [-0.39, 0.29) is 5.41 Å². The van der Waals surface area contributed by atoms with Gasteiger partial charge >= 0.3 is 0 Å². The van der Waals surface area contributed by atoms with Crippen LogP contribution in [0.3, 0.4) is 0 Å². The molecule has 4 nitrogen and oxygen atoms in total. The lowest BCUT2D eigenvalue weighted by atomic mass is 9.95. The van der Waals surface area contributed by atoms with Gasteiger partial charge in [-0.15, -0.1) is 0 Å². The molecular weight excluding hydrogens is 260 g/mol. The highest BCUT2D eigenvalue weighted by atomic mass is 15.2. The smallest absolute Gasteiger partial charge is 0.138 e. The van der Waals surface area contributed by atoms with Crippen LogP contribution in [0.15, 0.2) is 0 Å². The van der Waals surface area contributed by atoms with Gasteiger partial charge in [-0.05, 0) is 34.1 Å². The molecule has 1 N–H and O–H groups in total. The van der Waals surface area contributed by atoms with E-state index in [1.165, 1.54) is 0 Å². The zero-order valence-corrected chi connectivity index (χ0v) is 15.0. The Labute approximate surface area is 130 Å². The van der Waals surface area contributed by atoms with Crippen molar-refractivity contribution in [1.82, 2.24) is 9.97 Å². The van der Waals surface area contributed by atoms with Crippen molar-refractivity contribution in [3.05, 3.63) is 11.4 Å². The monoisotopic (exact) mass is 292 g/mol. The Morgan fingerprint density at radius 3 is 2.19 bits per heavy atom. The molecule has 0 spiro atoms. The molecular formula is C17H32N4. The number of rotatable bonds is 6. The lowest BCUT2D eigenvalue weighted by Crippen LogP contribution is -2.33.